The second-order valence-electron chi connectivity index (χ2n) is 5.90. The number of aromatic amines is 1. The molecule has 0 amide bonds. The molecular weight excluding hydrogens is 324 g/mol. The second-order valence-corrected chi connectivity index (χ2v) is 8.05. The number of sulfonamides is 1. The molecule has 0 aliphatic heterocycles. The number of nitrogens with zero attached hydrogens (tertiary/aromatic N) is 2. The summed E-state index contributed by atoms with van der Waals surface area (Å²) >= 11 is 0. The van der Waals surface area contributed by atoms with E-state index in [1.807, 2.05) is 31.2 Å². The van der Waals surface area contributed by atoms with Crippen molar-refractivity contribution in [1.82, 2.24) is 14.5 Å². The highest BCUT2D eigenvalue weighted by atomic mass is 32.2. The standard InChI is InChI=1S/C17H20N4O2S/c1-12(19-15-7-8-17-14(9-15)11-18-20-17)13-5-4-6-16(10-13)24(22,23)21(2)3/h4-12,19H,1-3H3,(H,18,20)/t12-/m0/s1. The second kappa shape index (κ2) is 6.26. The van der Waals surface area contributed by atoms with Crippen molar-refractivity contribution in [1.29, 1.82) is 0 Å². The Balaban J connectivity index is 1.86. The molecule has 3 rings (SSSR count). The summed E-state index contributed by atoms with van der Waals surface area (Å²) in [7, 11) is -0.371. The van der Waals surface area contributed by atoms with Crippen LogP contribution < -0.4 is 5.32 Å². The lowest BCUT2D eigenvalue weighted by atomic mass is 10.1. The Morgan fingerprint density at radius 3 is 2.71 bits per heavy atom. The first-order chi connectivity index (χ1) is 11.4. The lowest BCUT2D eigenvalue weighted by Gasteiger charge is -2.18. The van der Waals surface area contributed by atoms with Crippen LogP contribution in [0, 0.1) is 0 Å². The van der Waals surface area contributed by atoms with Gasteiger partial charge in [0.05, 0.1) is 16.6 Å². The number of hydrogen-bond donors (Lipinski definition) is 2. The van der Waals surface area contributed by atoms with Crippen LogP contribution in [0.2, 0.25) is 0 Å². The Bertz CT molecular complexity index is 963. The van der Waals surface area contributed by atoms with E-state index in [0.717, 1.165) is 22.2 Å². The molecule has 0 spiro atoms. The normalized spacial score (nSPS) is 13.3. The lowest BCUT2D eigenvalue weighted by molar-refractivity contribution is 0.520. The van der Waals surface area contributed by atoms with Gasteiger partial charge in [0, 0.05) is 31.2 Å². The molecular formula is C17H20N4O2S. The zero-order valence-electron chi connectivity index (χ0n) is 13.8. The molecule has 24 heavy (non-hydrogen) atoms. The van der Waals surface area contributed by atoms with Crippen molar-refractivity contribution in [2.24, 2.45) is 0 Å². The largest absolute Gasteiger partial charge is 0.379 e. The van der Waals surface area contributed by atoms with Crippen LogP contribution in [0.5, 0.6) is 0 Å². The van der Waals surface area contributed by atoms with E-state index < -0.39 is 10.0 Å². The van der Waals surface area contributed by atoms with E-state index in [-0.39, 0.29) is 6.04 Å². The van der Waals surface area contributed by atoms with Crippen LogP contribution in [0.25, 0.3) is 10.9 Å². The van der Waals surface area contributed by atoms with E-state index in [2.05, 4.69) is 15.5 Å². The maximum absolute atomic E-state index is 12.3. The van der Waals surface area contributed by atoms with Crippen molar-refractivity contribution < 1.29 is 8.42 Å². The molecule has 0 aliphatic carbocycles. The van der Waals surface area contributed by atoms with Gasteiger partial charge in [-0.05, 0) is 42.8 Å². The van der Waals surface area contributed by atoms with Gasteiger partial charge in [0.1, 0.15) is 0 Å². The summed E-state index contributed by atoms with van der Waals surface area (Å²) in [6.45, 7) is 2.00. The predicted molar refractivity (Wildman–Crippen MR) is 95.4 cm³/mol. The van der Waals surface area contributed by atoms with Crippen molar-refractivity contribution in [3.05, 3.63) is 54.2 Å². The van der Waals surface area contributed by atoms with Crippen molar-refractivity contribution in [3.63, 3.8) is 0 Å². The average molecular weight is 344 g/mol. The summed E-state index contributed by atoms with van der Waals surface area (Å²) in [5.74, 6) is 0. The lowest BCUT2D eigenvalue weighted by Crippen LogP contribution is -2.22. The van der Waals surface area contributed by atoms with Crippen LogP contribution in [0.4, 0.5) is 5.69 Å². The first-order valence-electron chi connectivity index (χ1n) is 7.60. The Morgan fingerprint density at radius 2 is 1.96 bits per heavy atom. The van der Waals surface area contributed by atoms with Crippen LogP contribution in [-0.4, -0.2) is 37.0 Å². The van der Waals surface area contributed by atoms with Crippen LogP contribution in [0.1, 0.15) is 18.5 Å². The molecule has 0 saturated carbocycles. The Hall–Kier alpha value is -2.38. The summed E-state index contributed by atoms with van der Waals surface area (Å²) in [5, 5.41) is 11.4. The fourth-order valence-electron chi connectivity index (χ4n) is 2.52. The number of rotatable bonds is 5. The maximum atomic E-state index is 12.3. The van der Waals surface area contributed by atoms with Crippen LogP contribution >= 0.6 is 0 Å². The van der Waals surface area contributed by atoms with E-state index in [0.29, 0.717) is 4.90 Å². The first kappa shape index (κ1) is 16.5. The van der Waals surface area contributed by atoms with E-state index in [9.17, 15) is 8.42 Å². The van der Waals surface area contributed by atoms with Crippen LogP contribution in [0.3, 0.4) is 0 Å². The van der Waals surface area contributed by atoms with Gasteiger partial charge in [-0.1, -0.05) is 12.1 Å². The minimum absolute atomic E-state index is 0.0355. The number of benzene rings is 2. The zero-order chi connectivity index (χ0) is 17.3. The molecule has 1 aromatic heterocycles. The van der Waals surface area contributed by atoms with Crippen LogP contribution in [-0.2, 0) is 10.0 Å². The molecule has 2 aromatic carbocycles. The Labute approximate surface area is 141 Å². The molecule has 126 valence electrons. The minimum Gasteiger partial charge on any atom is -0.379 e. The highest BCUT2D eigenvalue weighted by Gasteiger charge is 2.18. The topological polar surface area (TPSA) is 78.1 Å². The molecule has 0 saturated heterocycles. The summed E-state index contributed by atoms with van der Waals surface area (Å²) < 4.78 is 25.8. The van der Waals surface area contributed by atoms with Gasteiger partial charge in [-0.25, -0.2) is 12.7 Å². The SMILES string of the molecule is C[C@H](Nc1ccc2[nH]ncc2c1)c1cccc(S(=O)(=O)N(C)C)c1. The number of nitrogens with one attached hydrogen (secondary N) is 2. The fraction of sp³-hybridized carbons (Fsp3) is 0.235. The van der Waals surface area contributed by atoms with Gasteiger partial charge in [-0.3, -0.25) is 5.10 Å². The third-order valence-corrected chi connectivity index (χ3v) is 5.77. The zero-order valence-corrected chi connectivity index (χ0v) is 14.6. The van der Waals surface area contributed by atoms with E-state index in [4.69, 9.17) is 0 Å². The van der Waals surface area contributed by atoms with Crippen molar-refractivity contribution >= 4 is 26.6 Å². The molecule has 0 bridgehead atoms. The third kappa shape index (κ3) is 3.13. The van der Waals surface area contributed by atoms with Crippen molar-refractivity contribution in [2.45, 2.75) is 17.9 Å². The molecule has 0 aliphatic rings. The molecule has 2 N–H and O–H groups in total. The Kier molecular flexibility index (Phi) is 4.29. The van der Waals surface area contributed by atoms with Crippen LogP contribution in [0.15, 0.2) is 53.6 Å². The number of fused-ring (bicyclic) bond motifs is 1. The summed E-state index contributed by atoms with van der Waals surface area (Å²) in [5.41, 5.74) is 2.84. The number of H-pyrrole nitrogens is 1. The smallest absolute Gasteiger partial charge is 0.242 e. The molecule has 6 nitrogen and oxygen atoms in total. The molecule has 3 aromatic rings. The van der Waals surface area contributed by atoms with Gasteiger partial charge >= 0.3 is 0 Å². The molecule has 1 heterocycles. The van der Waals surface area contributed by atoms with Crippen molar-refractivity contribution in [3.8, 4) is 0 Å². The third-order valence-electron chi connectivity index (χ3n) is 3.96. The minimum atomic E-state index is -3.43. The van der Waals surface area contributed by atoms with E-state index >= 15 is 0 Å². The predicted octanol–water partition coefficient (Wildman–Crippen LogP) is 2.99. The van der Waals surface area contributed by atoms with Gasteiger partial charge in [0.2, 0.25) is 10.0 Å². The number of aromatic nitrogens is 2. The van der Waals surface area contributed by atoms with Gasteiger partial charge < -0.3 is 5.32 Å². The molecule has 0 radical (unpaired) electrons. The molecule has 7 heteroatoms. The molecule has 1 atom stereocenters. The molecule has 0 unspecified atom stereocenters. The highest BCUT2D eigenvalue weighted by molar-refractivity contribution is 7.89. The summed E-state index contributed by atoms with van der Waals surface area (Å²) in [4.78, 5) is 0.295. The van der Waals surface area contributed by atoms with Gasteiger partial charge in [-0.15, -0.1) is 0 Å². The van der Waals surface area contributed by atoms with E-state index in [1.165, 1.54) is 18.4 Å². The average Bonchev–Trinajstić information content (AvgIpc) is 3.02. The fourth-order valence-corrected chi connectivity index (χ4v) is 3.48. The maximum Gasteiger partial charge on any atom is 0.242 e. The van der Waals surface area contributed by atoms with Gasteiger partial charge in [0.25, 0.3) is 0 Å². The van der Waals surface area contributed by atoms with Gasteiger partial charge in [0.15, 0.2) is 0 Å². The number of anilines is 1. The van der Waals surface area contributed by atoms with Gasteiger partial charge in [-0.2, -0.15) is 5.10 Å². The quantitative estimate of drug-likeness (QED) is 0.746. The first-order valence-corrected chi connectivity index (χ1v) is 9.04. The Morgan fingerprint density at radius 1 is 1.17 bits per heavy atom. The molecule has 0 fully saturated rings. The van der Waals surface area contributed by atoms with E-state index in [1.54, 1.807) is 24.4 Å². The number of hydrogen-bond acceptors (Lipinski definition) is 4. The monoisotopic (exact) mass is 344 g/mol. The highest BCUT2D eigenvalue weighted by Crippen LogP contribution is 2.24. The summed E-state index contributed by atoms with van der Waals surface area (Å²) in [6, 6.07) is 12.9. The summed E-state index contributed by atoms with van der Waals surface area (Å²) in [6.07, 6.45) is 1.77. The van der Waals surface area contributed by atoms with Crippen molar-refractivity contribution in [2.75, 3.05) is 19.4 Å².